The van der Waals surface area contributed by atoms with Gasteiger partial charge >= 0.3 is 0 Å². The number of anilines is 1. The van der Waals surface area contributed by atoms with E-state index in [1.807, 2.05) is 24.3 Å². The summed E-state index contributed by atoms with van der Waals surface area (Å²) in [5.41, 5.74) is -0.0100. The smallest absolute Gasteiger partial charge is 0.237 e. The number of nitrogens with one attached hydrogen (secondary N) is 1. The van der Waals surface area contributed by atoms with E-state index in [1.165, 1.54) is 6.92 Å². The summed E-state index contributed by atoms with van der Waals surface area (Å²) in [5, 5.41) is 3.04. The van der Waals surface area contributed by atoms with E-state index in [0.717, 1.165) is 11.4 Å². The Labute approximate surface area is 76.7 Å². The Morgan fingerprint density at radius 2 is 2.15 bits per heavy atom. The molecule has 1 heterocycles. The molecule has 0 saturated heterocycles. The maximum absolute atomic E-state index is 11.2. The van der Waals surface area contributed by atoms with Crippen LogP contribution in [-0.2, 0) is 4.79 Å². The van der Waals surface area contributed by atoms with Gasteiger partial charge in [-0.15, -0.1) is 0 Å². The van der Waals surface area contributed by atoms with Crippen molar-refractivity contribution in [2.24, 2.45) is 0 Å². The zero-order valence-electron chi connectivity index (χ0n) is 7.63. The number of carbonyl (C=O) groups is 1. The highest BCUT2D eigenvalue weighted by Gasteiger charge is 2.38. The van der Waals surface area contributed by atoms with Crippen molar-refractivity contribution in [3.63, 3.8) is 0 Å². The van der Waals surface area contributed by atoms with E-state index in [-0.39, 0.29) is 5.78 Å². The van der Waals surface area contributed by atoms with Gasteiger partial charge in [0, 0.05) is 13.8 Å². The van der Waals surface area contributed by atoms with Gasteiger partial charge in [-0.25, -0.2) is 0 Å². The van der Waals surface area contributed by atoms with Crippen molar-refractivity contribution in [2.45, 2.75) is 19.6 Å². The first-order chi connectivity index (χ1) is 6.12. The van der Waals surface area contributed by atoms with Crippen molar-refractivity contribution in [1.82, 2.24) is 0 Å². The van der Waals surface area contributed by atoms with E-state index in [4.69, 9.17) is 4.74 Å². The van der Waals surface area contributed by atoms with Gasteiger partial charge in [-0.3, -0.25) is 4.79 Å². The fraction of sp³-hybridized carbons (Fsp3) is 0.300. The molecule has 1 aromatic rings. The number of hydrogen-bond donors (Lipinski definition) is 1. The van der Waals surface area contributed by atoms with Crippen LogP contribution in [0, 0.1) is 0 Å². The number of fused-ring (bicyclic) bond motifs is 1. The Kier molecular flexibility index (Phi) is 1.55. The van der Waals surface area contributed by atoms with Crippen molar-refractivity contribution >= 4 is 11.5 Å². The lowest BCUT2D eigenvalue weighted by Crippen LogP contribution is -2.43. The number of para-hydroxylation sites is 2. The molecule has 3 heteroatoms. The lowest BCUT2D eigenvalue weighted by atomic mass is 10.2. The summed E-state index contributed by atoms with van der Waals surface area (Å²) < 4.78 is 5.50. The van der Waals surface area contributed by atoms with Crippen LogP contribution in [-0.4, -0.2) is 11.5 Å². The zero-order chi connectivity index (χ0) is 9.47. The van der Waals surface area contributed by atoms with Crippen LogP contribution in [0.2, 0.25) is 0 Å². The molecule has 0 aliphatic carbocycles. The number of ether oxygens (including phenoxy) is 1. The fourth-order valence-electron chi connectivity index (χ4n) is 1.32. The molecule has 68 valence electrons. The molecule has 0 spiro atoms. The standard InChI is InChI=1S/C10H11NO2/c1-7(12)10(2)11-8-5-3-4-6-9(8)13-10/h3-6,11H,1-2H3. The summed E-state index contributed by atoms with van der Waals surface area (Å²) in [6.07, 6.45) is 0. The second-order valence-electron chi connectivity index (χ2n) is 3.31. The Hall–Kier alpha value is -1.51. The number of rotatable bonds is 1. The molecule has 0 bridgehead atoms. The monoisotopic (exact) mass is 177 g/mol. The maximum atomic E-state index is 11.2. The number of benzene rings is 1. The number of Topliss-reactive ketones (excluding diaryl/α,β-unsaturated/α-hetero) is 1. The molecular formula is C10H11NO2. The van der Waals surface area contributed by atoms with E-state index < -0.39 is 5.72 Å². The van der Waals surface area contributed by atoms with Gasteiger partial charge in [0.15, 0.2) is 5.78 Å². The maximum Gasteiger partial charge on any atom is 0.237 e. The second-order valence-corrected chi connectivity index (χ2v) is 3.31. The summed E-state index contributed by atoms with van der Waals surface area (Å²) in [6.45, 7) is 3.24. The predicted octanol–water partition coefficient (Wildman–Crippen LogP) is 1.80. The van der Waals surface area contributed by atoms with Gasteiger partial charge in [0.1, 0.15) is 5.75 Å². The molecule has 1 aliphatic rings. The van der Waals surface area contributed by atoms with Crippen LogP contribution in [0.1, 0.15) is 13.8 Å². The quantitative estimate of drug-likeness (QED) is 0.710. The normalized spacial score (nSPS) is 24.5. The van der Waals surface area contributed by atoms with Crippen molar-refractivity contribution in [1.29, 1.82) is 0 Å². The number of carbonyl (C=O) groups excluding carboxylic acids is 1. The first kappa shape index (κ1) is 8.10. The summed E-state index contributed by atoms with van der Waals surface area (Å²) in [5.74, 6) is 0.712. The molecular weight excluding hydrogens is 166 g/mol. The topological polar surface area (TPSA) is 38.3 Å². The third-order valence-electron chi connectivity index (χ3n) is 2.25. The number of hydrogen-bond acceptors (Lipinski definition) is 3. The Balaban J connectivity index is 2.37. The van der Waals surface area contributed by atoms with Crippen LogP contribution in [0.5, 0.6) is 5.75 Å². The summed E-state index contributed by atoms with van der Waals surface area (Å²) >= 11 is 0. The van der Waals surface area contributed by atoms with Crippen LogP contribution in [0.25, 0.3) is 0 Å². The molecule has 1 aliphatic heterocycles. The van der Waals surface area contributed by atoms with Crippen LogP contribution in [0.3, 0.4) is 0 Å². The second kappa shape index (κ2) is 2.49. The fourth-order valence-corrected chi connectivity index (χ4v) is 1.32. The third kappa shape index (κ3) is 1.16. The average molecular weight is 177 g/mol. The van der Waals surface area contributed by atoms with Gasteiger partial charge < -0.3 is 10.1 Å². The molecule has 3 nitrogen and oxygen atoms in total. The van der Waals surface area contributed by atoms with Gasteiger partial charge in [-0.1, -0.05) is 12.1 Å². The molecule has 0 fully saturated rings. The highest BCUT2D eigenvalue weighted by Crippen LogP contribution is 2.36. The summed E-state index contributed by atoms with van der Waals surface area (Å²) in [7, 11) is 0. The molecule has 0 amide bonds. The Morgan fingerprint density at radius 1 is 1.46 bits per heavy atom. The number of ketones is 1. The molecule has 13 heavy (non-hydrogen) atoms. The van der Waals surface area contributed by atoms with E-state index in [0.29, 0.717) is 0 Å². The largest absolute Gasteiger partial charge is 0.459 e. The van der Waals surface area contributed by atoms with Crippen molar-refractivity contribution in [2.75, 3.05) is 5.32 Å². The predicted molar refractivity (Wildman–Crippen MR) is 49.8 cm³/mol. The van der Waals surface area contributed by atoms with E-state index in [9.17, 15) is 4.79 Å². The molecule has 1 aromatic carbocycles. The van der Waals surface area contributed by atoms with Gasteiger partial charge in [-0.05, 0) is 12.1 Å². The summed E-state index contributed by atoms with van der Waals surface area (Å²) in [4.78, 5) is 11.2. The molecule has 1 unspecified atom stereocenters. The van der Waals surface area contributed by atoms with E-state index >= 15 is 0 Å². The van der Waals surface area contributed by atoms with E-state index in [1.54, 1.807) is 6.92 Å². The minimum Gasteiger partial charge on any atom is -0.459 e. The van der Waals surface area contributed by atoms with Crippen LogP contribution < -0.4 is 10.1 Å². The van der Waals surface area contributed by atoms with Crippen molar-refractivity contribution < 1.29 is 9.53 Å². The lowest BCUT2D eigenvalue weighted by Gasteiger charge is -2.20. The first-order valence-corrected chi connectivity index (χ1v) is 4.19. The average Bonchev–Trinajstić information content (AvgIpc) is 2.42. The summed E-state index contributed by atoms with van der Waals surface area (Å²) in [6, 6.07) is 7.52. The van der Waals surface area contributed by atoms with E-state index in [2.05, 4.69) is 5.32 Å². The van der Waals surface area contributed by atoms with Gasteiger partial charge in [0.2, 0.25) is 5.72 Å². The minimum absolute atomic E-state index is 0.0244. The zero-order valence-corrected chi connectivity index (χ0v) is 7.63. The molecule has 1 atom stereocenters. The molecule has 2 rings (SSSR count). The van der Waals surface area contributed by atoms with Gasteiger partial charge in [-0.2, -0.15) is 0 Å². The first-order valence-electron chi connectivity index (χ1n) is 4.19. The van der Waals surface area contributed by atoms with Crippen LogP contribution in [0.4, 0.5) is 5.69 Å². The Bertz CT molecular complexity index is 335. The molecule has 0 saturated carbocycles. The highest BCUT2D eigenvalue weighted by molar-refractivity contribution is 5.89. The van der Waals surface area contributed by atoms with Crippen LogP contribution >= 0.6 is 0 Å². The molecule has 0 aromatic heterocycles. The van der Waals surface area contributed by atoms with Crippen molar-refractivity contribution in [3.8, 4) is 5.75 Å². The lowest BCUT2D eigenvalue weighted by molar-refractivity contribution is -0.127. The molecule has 1 N–H and O–H groups in total. The third-order valence-corrected chi connectivity index (χ3v) is 2.25. The van der Waals surface area contributed by atoms with Gasteiger partial charge in [0.05, 0.1) is 5.69 Å². The molecule has 0 radical (unpaired) electrons. The van der Waals surface area contributed by atoms with Crippen molar-refractivity contribution in [3.05, 3.63) is 24.3 Å². The van der Waals surface area contributed by atoms with Crippen LogP contribution in [0.15, 0.2) is 24.3 Å². The Morgan fingerprint density at radius 3 is 2.77 bits per heavy atom. The SMILES string of the molecule is CC(=O)C1(C)Nc2ccccc2O1. The minimum atomic E-state index is -0.885. The highest BCUT2D eigenvalue weighted by atomic mass is 16.5. The van der Waals surface area contributed by atoms with Gasteiger partial charge in [0.25, 0.3) is 0 Å².